The molecule has 1 aromatic heterocycles. The molecule has 1 atom stereocenters. The van der Waals surface area contributed by atoms with Crippen molar-refractivity contribution in [3.05, 3.63) is 53.9 Å². The molecular formula is C18H22N2O5S. The Morgan fingerprint density at radius 3 is 2.42 bits per heavy atom. The second-order valence-electron chi connectivity index (χ2n) is 6.05. The van der Waals surface area contributed by atoms with Crippen LogP contribution in [0.4, 0.5) is 0 Å². The molecule has 0 saturated carbocycles. The lowest BCUT2D eigenvalue weighted by molar-refractivity contribution is -0.139. The van der Waals surface area contributed by atoms with Crippen LogP contribution in [0.2, 0.25) is 0 Å². The summed E-state index contributed by atoms with van der Waals surface area (Å²) in [7, 11) is -3.81. The molecule has 0 aliphatic carbocycles. The molecule has 0 aliphatic heterocycles. The van der Waals surface area contributed by atoms with E-state index in [0.29, 0.717) is 12.8 Å². The first-order valence-corrected chi connectivity index (χ1v) is 9.73. The number of rotatable bonds is 8. The van der Waals surface area contributed by atoms with Crippen LogP contribution in [0.1, 0.15) is 42.1 Å². The Hall–Kier alpha value is -2.61. The zero-order valence-electron chi connectivity index (χ0n) is 14.7. The summed E-state index contributed by atoms with van der Waals surface area (Å²) >= 11 is 0. The third-order valence-electron chi connectivity index (χ3n) is 3.98. The Bertz CT molecular complexity index is 885. The van der Waals surface area contributed by atoms with Crippen molar-refractivity contribution in [2.45, 2.75) is 44.0 Å². The van der Waals surface area contributed by atoms with Crippen molar-refractivity contribution in [1.82, 2.24) is 9.29 Å². The highest BCUT2D eigenvalue weighted by Gasteiger charge is 2.22. The summed E-state index contributed by atoms with van der Waals surface area (Å²) in [6.45, 7) is 3.78. The largest absolute Gasteiger partial charge is 0.480 e. The van der Waals surface area contributed by atoms with Gasteiger partial charge in [-0.2, -0.15) is 0 Å². The average Bonchev–Trinajstić information content (AvgIpc) is 3.09. The number of aliphatic carboxylic acids is 1. The third kappa shape index (κ3) is 4.51. The lowest BCUT2D eigenvalue weighted by Gasteiger charge is -2.13. The van der Waals surface area contributed by atoms with Gasteiger partial charge in [-0.25, -0.2) is 17.2 Å². The number of nitrogens with one attached hydrogen (secondary N) is 1. The van der Waals surface area contributed by atoms with Crippen molar-refractivity contribution >= 4 is 21.9 Å². The quantitative estimate of drug-likeness (QED) is 0.734. The van der Waals surface area contributed by atoms with Gasteiger partial charge in [-0.1, -0.05) is 37.5 Å². The van der Waals surface area contributed by atoms with Gasteiger partial charge in [-0.3, -0.25) is 4.79 Å². The molecule has 0 aliphatic rings. The molecule has 1 aromatic carbocycles. The third-order valence-corrected chi connectivity index (χ3v) is 5.63. The van der Waals surface area contributed by atoms with Crippen molar-refractivity contribution < 1.29 is 23.1 Å². The number of nitrogens with zero attached hydrogens (tertiary/aromatic N) is 1. The minimum atomic E-state index is -3.81. The molecule has 2 aromatic rings. The summed E-state index contributed by atoms with van der Waals surface area (Å²) in [5.41, 5.74) is 1.02. The molecule has 0 fully saturated rings. The minimum Gasteiger partial charge on any atom is -0.480 e. The Morgan fingerprint density at radius 2 is 1.85 bits per heavy atom. The molecule has 0 unspecified atom stereocenters. The highest BCUT2D eigenvalue weighted by atomic mass is 32.2. The summed E-state index contributed by atoms with van der Waals surface area (Å²) in [6, 6.07) is 6.72. The maximum Gasteiger partial charge on any atom is 0.326 e. The fraction of sp³-hybridized carbons (Fsp3) is 0.333. The SMILES string of the molecule is CCCC[C@H](NC(=O)c1ccn(S(=O)(=O)c2ccc(C)cc2)c1)C(=O)O. The number of aryl methyl sites for hydroxylation is 1. The highest BCUT2D eigenvalue weighted by Crippen LogP contribution is 2.16. The van der Waals surface area contributed by atoms with Crippen molar-refractivity contribution in [2.24, 2.45) is 0 Å². The van der Waals surface area contributed by atoms with E-state index in [9.17, 15) is 23.1 Å². The maximum atomic E-state index is 12.6. The van der Waals surface area contributed by atoms with E-state index in [1.807, 2.05) is 13.8 Å². The number of amides is 1. The van der Waals surface area contributed by atoms with E-state index in [2.05, 4.69) is 5.32 Å². The summed E-state index contributed by atoms with van der Waals surface area (Å²) < 4.78 is 26.1. The monoisotopic (exact) mass is 378 g/mol. The van der Waals surface area contributed by atoms with Gasteiger partial charge in [0.25, 0.3) is 15.9 Å². The van der Waals surface area contributed by atoms with Gasteiger partial charge >= 0.3 is 5.97 Å². The van der Waals surface area contributed by atoms with Crippen LogP contribution in [0.3, 0.4) is 0 Å². The maximum absolute atomic E-state index is 12.6. The van der Waals surface area contributed by atoms with Crippen molar-refractivity contribution in [1.29, 1.82) is 0 Å². The van der Waals surface area contributed by atoms with Crippen molar-refractivity contribution in [2.75, 3.05) is 0 Å². The summed E-state index contributed by atoms with van der Waals surface area (Å²) in [5.74, 6) is -1.73. The van der Waals surface area contributed by atoms with Crippen LogP contribution in [0.5, 0.6) is 0 Å². The second kappa shape index (κ2) is 8.18. The van der Waals surface area contributed by atoms with E-state index < -0.39 is 27.9 Å². The number of carbonyl (C=O) groups excluding carboxylic acids is 1. The van der Waals surface area contributed by atoms with E-state index in [0.717, 1.165) is 16.0 Å². The highest BCUT2D eigenvalue weighted by molar-refractivity contribution is 7.90. The number of unbranched alkanes of at least 4 members (excludes halogenated alkanes) is 1. The van der Waals surface area contributed by atoms with Crippen LogP contribution in [0.25, 0.3) is 0 Å². The van der Waals surface area contributed by atoms with Crippen LogP contribution in [-0.2, 0) is 14.8 Å². The summed E-state index contributed by atoms with van der Waals surface area (Å²) in [6.07, 6.45) is 4.25. The fourth-order valence-electron chi connectivity index (χ4n) is 2.40. The first-order valence-electron chi connectivity index (χ1n) is 8.29. The van der Waals surface area contributed by atoms with Crippen LogP contribution in [0, 0.1) is 6.92 Å². The minimum absolute atomic E-state index is 0.0865. The number of hydrogen-bond acceptors (Lipinski definition) is 4. The fourth-order valence-corrected chi connectivity index (χ4v) is 3.60. The van der Waals surface area contributed by atoms with E-state index >= 15 is 0 Å². The second-order valence-corrected chi connectivity index (χ2v) is 7.90. The molecular weight excluding hydrogens is 356 g/mol. The zero-order valence-corrected chi connectivity index (χ0v) is 15.5. The topological polar surface area (TPSA) is 105 Å². The number of carbonyl (C=O) groups is 2. The molecule has 8 heteroatoms. The Morgan fingerprint density at radius 1 is 1.19 bits per heavy atom. The van der Waals surface area contributed by atoms with E-state index in [1.54, 1.807) is 12.1 Å². The van der Waals surface area contributed by atoms with E-state index in [1.165, 1.54) is 30.6 Å². The van der Waals surface area contributed by atoms with Gasteiger partial charge in [0, 0.05) is 12.4 Å². The van der Waals surface area contributed by atoms with Crippen molar-refractivity contribution in [3.63, 3.8) is 0 Å². The molecule has 140 valence electrons. The smallest absolute Gasteiger partial charge is 0.326 e. The van der Waals surface area contributed by atoms with Gasteiger partial charge in [-0.15, -0.1) is 0 Å². The van der Waals surface area contributed by atoms with Crippen LogP contribution in [0.15, 0.2) is 47.6 Å². The number of carboxylic acids is 1. The standard InChI is InChI=1S/C18H22N2O5S/c1-3-4-5-16(18(22)23)19-17(21)14-10-11-20(12-14)26(24,25)15-8-6-13(2)7-9-15/h6-12,16H,3-5H2,1-2H3,(H,19,21)(H,22,23)/t16-/m0/s1. The molecule has 26 heavy (non-hydrogen) atoms. The van der Waals surface area contributed by atoms with Crippen LogP contribution in [-0.4, -0.2) is 35.4 Å². The predicted molar refractivity (Wildman–Crippen MR) is 96.6 cm³/mol. The summed E-state index contributed by atoms with van der Waals surface area (Å²) in [5, 5.41) is 11.6. The number of hydrogen-bond donors (Lipinski definition) is 2. The molecule has 0 radical (unpaired) electrons. The lowest BCUT2D eigenvalue weighted by Crippen LogP contribution is -2.40. The number of aromatic nitrogens is 1. The lowest BCUT2D eigenvalue weighted by atomic mass is 10.1. The normalized spacial score (nSPS) is 12.5. The molecule has 2 N–H and O–H groups in total. The van der Waals surface area contributed by atoms with Gasteiger partial charge in [0.05, 0.1) is 10.5 Å². The van der Waals surface area contributed by atoms with Gasteiger partial charge < -0.3 is 10.4 Å². The molecule has 0 spiro atoms. The van der Waals surface area contributed by atoms with Crippen LogP contribution >= 0.6 is 0 Å². The van der Waals surface area contributed by atoms with Gasteiger partial charge in [0.2, 0.25) is 0 Å². The number of benzene rings is 1. The average molecular weight is 378 g/mol. The predicted octanol–water partition coefficient (Wildman–Crippen LogP) is 2.41. The molecule has 7 nitrogen and oxygen atoms in total. The zero-order chi connectivity index (χ0) is 19.3. The Balaban J connectivity index is 2.19. The van der Waals surface area contributed by atoms with Crippen molar-refractivity contribution in [3.8, 4) is 0 Å². The van der Waals surface area contributed by atoms with E-state index in [-0.39, 0.29) is 10.5 Å². The van der Waals surface area contributed by atoms with E-state index in [4.69, 9.17) is 0 Å². The first kappa shape index (κ1) is 19.7. The van der Waals surface area contributed by atoms with Gasteiger partial charge in [0.15, 0.2) is 0 Å². The molecule has 1 amide bonds. The first-order chi connectivity index (χ1) is 12.3. The molecule has 0 saturated heterocycles. The molecule has 0 bridgehead atoms. The Labute approximate surface area is 152 Å². The molecule has 2 rings (SSSR count). The van der Waals surface area contributed by atoms with Gasteiger partial charge in [0.1, 0.15) is 6.04 Å². The number of carboxylic acid groups (broad SMARTS) is 1. The molecule has 1 heterocycles. The van der Waals surface area contributed by atoms with Gasteiger partial charge in [-0.05, 0) is 31.5 Å². The van der Waals surface area contributed by atoms with Crippen LogP contribution < -0.4 is 5.32 Å². The summed E-state index contributed by atoms with van der Waals surface area (Å²) in [4.78, 5) is 23.6. The Kier molecular flexibility index (Phi) is 6.20.